The molecule has 1 aliphatic rings. The Hall–Kier alpha value is -1.95. The number of carboxylic acid groups (broad SMARTS) is 1. The molecule has 18 heavy (non-hydrogen) atoms. The number of nitrogens with zero attached hydrogens (tertiary/aromatic N) is 2. The average molecular weight is 249 g/mol. The molecule has 1 amide bonds. The molecular weight excluding hydrogens is 234 g/mol. The number of nitrogens with one attached hydrogen (secondary N) is 1. The second-order valence-electron chi connectivity index (χ2n) is 4.30. The van der Waals surface area contributed by atoms with Gasteiger partial charge >= 0.3 is 5.97 Å². The van der Waals surface area contributed by atoms with Crippen molar-refractivity contribution >= 4 is 11.9 Å². The minimum Gasteiger partial charge on any atom is -0.480 e. The highest BCUT2D eigenvalue weighted by Crippen LogP contribution is 2.07. The van der Waals surface area contributed by atoms with Crippen molar-refractivity contribution in [1.29, 1.82) is 0 Å². The smallest absolute Gasteiger partial charge is 0.327 e. The van der Waals surface area contributed by atoms with Crippen LogP contribution in [0.2, 0.25) is 0 Å². The van der Waals surface area contributed by atoms with Crippen LogP contribution < -0.4 is 5.32 Å². The number of pyridine rings is 1. The van der Waals surface area contributed by atoms with Gasteiger partial charge in [0.05, 0.1) is 0 Å². The Bertz CT molecular complexity index is 435. The van der Waals surface area contributed by atoms with Crippen molar-refractivity contribution in [3.05, 3.63) is 30.1 Å². The van der Waals surface area contributed by atoms with Gasteiger partial charge in [0.15, 0.2) is 0 Å². The van der Waals surface area contributed by atoms with E-state index in [1.54, 1.807) is 12.4 Å². The van der Waals surface area contributed by atoms with Gasteiger partial charge in [0.2, 0.25) is 5.91 Å². The lowest BCUT2D eigenvalue weighted by Gasteiger charge is -2.21. The largest absolute Gasteiger partial charge is 0.480 e. The van der Waals surface area contributed by atoms with Gasteiger partial charge in [0, 0.05) is 38.4 Å². The topological polar surface area (TPSA) is 82.5 Å². The summed E-state index contributed by atoms with van der Waals surface area (Å²) < 4.78 is 0. The van der Waals surface area contributed by atoms with Gasteiger partial charge in [-0.25, -0.2) is 4.79 Å². The molecule has 6 nitrogen and oxygen atoms in total. The molecule has 1 fully saturated rings. The fraction of sp³-hybridized carbons (Fsp3) is 0.417. The van der Waals surface area contributed by atoms with Crippen molar-refractivity contribution in [2.75, 3.05) is 13.1 Å². The molecule has 0 spiro atoms. The molecule has 0 aromatic carbocycles. The Morgan fingerprint density at radius 1 is 1.61 bits per heavy atom. The first-order chi connectivity index (χ1) is 8.65. The molecule has 2 rings (SSSR count). The minimum absolute atomic E-state index is 0.212. The Labute approximate surface area is 105 Å². The maximum absolute atomic E-state index is 11.4. The second-order valence-corrected chi connectivity index (χ2v) is 4.30. The van der Waals surface area contributed by atoms with E-state index < -0.39 is 12.0 Å². The monoisotopic (exact) mass is 249 g/mol. The summed E-state index contributed by atoms with van der Waals surface area (Å²) in [6.45, 7) is 1.48. The summed E-state index contributed by atoms with van der Waals surface area (Å²) in [5, 5.41) is 11.5. The summed E-state index contributed by atoms with van der Waals surface area (Å²) in [5.41, 5.74) is 1.01. The van der Waals surface area contributed by atoms with Gasteiger partial charge in [-0.15, -0.1) is 0 Å². The molecule has 1 aromatic heterocycles. The first kappa shape index (κ1) is 12.5. The maximum atomic E-state index is 11.4. The number of carbonyl (C=O) groups is 2. The van der Waals surface area contributed by atoms with Crippen LogP contribution in [0.25, 0.3) is 0 Å². The maximum Gasteiger partial charge on any atom is 0.327 e. The number of carboxylic acids is 1. The van der Waals surface area contributed by atoms with Crippen LogP contribution in [0, 0.1) is 0 Å². The van der Waals surface area contributed by atoms with Crippen molar-refractivity contribution in [3.63, 3.8) is 0 Å². The van der Waals surface area contributed by atoms with E-state index in [-0.39, 0.29) is 5.91 Å². The molecule has 6 heteroatoms. The predicted molar refractivity (Wildman–Crippen MR) is 63.7 cm³/mol. The zero-order valence-electron chi connectivity index (χ0n) is 9.87. The Morgan fingerprint density at radius 2 is 2.44 bits per heavy atom. The number of amides is 1. The molecule has 1 saturated heterocycles. The molecule has 0 radical (unpaired) electrons. The number of aliphatic carboxylic acids is 1. The first-order valence-corrected chi connectivity index (χ1v) is 5.78. The van der Waals surface area contributed by atoms with Gasteiger partial charge < -0.3 is 10.4 Å². The van der Waals surface area contributed by atoms with Crippen LogP contribution in [0.15, 0.2) is 24.5 Å². The summed E-state index contributed by atoms with van der Waals surface area (Å²) in [6.07, 6.45) is 3.76. The molecule has 1 aliphatic heterocycles. The summed E-state index contributed by atoms with van der Waals surface area (Å²) in [7, 11) is 0. The zero-order chi connectivity index (χ0) is 13.0. The highest BCUT2D eigenvalue weighted by atomic mass is 16.4. The molecule has 1 unspecified atom stereocenters. The Kier molecular flexibility index (Phi) is 3.88. The number of carbonyl (C=O) groups excluding carboxylic acids is 1. The fourth-order valence-corrected chi connectivity index (χ4v) is 1.95. The standard InChI is InChI=1S/C12H15N3O3/c16-11-3-5-15(8-10(14-11)12(17)18)7-9-2-1-4-13-6-9/h1-2,4,6,10H,3,5,7-8H2,(H,14,16)(H,17,18). The molecule has 0 bridgehead atoms. The third-order valence-electron chi connectivity index (χ3n) is 2.86. The van der Waals surface area contributed by atoms with Crippen molar-refractivity contribution in [3.8, 4) is 0 Å². The Balaban J connectivity index is 2.03. The molecule has 2 heterocycles. The molecule has 0 saturated carbocycles. The fourth-order valence-electron chi connectivity index (χ4n) is 1.95. The lowest BCUT2D eigenvalue weighted by atomic mass is 10.2. The van der Waals surface area contributed by atoms with Crippen LogP contribution in [-0.2, 0) is 16.1 Å². The van der Waals surface area contributed by atoms with E-state index in [2.05, 4.69) is 10.3 Å². The van der Waals surface area contributed by atoms with Gasteiger partial charge in [-0.3, -0.25) is 14.7 Å². The van der Waals surface area contributed by atoms with Crippen LogP contribution in [0.3, 0.4) is 0 Å². The van der Waals surface area contributed by atoms with E-state index in [1.165, 1.54) is 0 Å². The van der Waals surface area contributed by atoms with Gasteiger partial charge in [0.1, 0.15) is 6.04 Å². The molecule has 1 atom stereocenters. The SMILES string of the molecule is O=C1CCN(Cc2cccnc2)CC(C(=O)O)N1. The van der Waals surface area contributed by atoms with Crippen molar-refractivity contribution in [2.24, 2.45) is 0 Å². The molecule has 1 aromatic rings. The first-order valence-electron chi connectivity index (χ1n) is 5.78. The molecular formula is C12H15N3O3. The van der Waals surface area contributed by atoms with Crippen LogP contribution in [0.5, 0.6) is 0 Å². The van der Waals surface area contributed by atoms with Gasteiger partial charge in [0.25, 0.3) is 0 Å². The number of hydrogen-bond acceptors (Lipinski definition) is 4. The van der Waals surface area contributed by atoms with Crippen LogP contribution in [-0.4, -0.2) is 46.0 Å². The lowest BCUT2D eigenvalue weighted by Crippen LogP contribution is -2.44. The number of hydrogen-bond donors (Lipinski definition) is 2. The second kappa shape index (κ2) is 5.59. The average Bonchev–Trinajstić information content (AvgIpc) is 2.53. The predicted octanol–water partition coefficient (Wildman–Crippen LogP) is -0.143. The third-order valence-corrected chi connectivity index (χ3v) is 2.86. The lowest BCUT2D eigenvalue weighted by molar-refractivity contribution is -0.141. The van der Waals surface area contributed by atoms with Gasteiger partial charge in [-0.1, -0.05) is 6.07 Å². The van der Waals surface area contributed by atoms with Gasteiger partial charge in [-0.05, 0) is 11.6 Å². The van der Waals surface area contributed by atoms with E-state index in [0.717, 1.165) is 5.56 Å². The molecule has 2 N–H and O–H groups in total. The van der Waals surface area contributed by atoms with E-state index in [1.807, 2.05) is 17.0 Å². The van der Waals surface area contributed by atoms with Gasteiger partial charge in [-0.2, -0.15) is 0 Å². The third kappa shape index (κ3) is 3.27. The van der Waals surface area contributed by atoms with E-state index >= 15 is 0 Å². The summed E-state index contributed by atoms with van der Waals surface area (Å²) in [5.74, 6) is -1.21. The number of aromatic nitrogens is 1. The van der Waals surface area contributed by atoms with Crippen LogP contribution >= 0.6 is 0 Å². The van der Waals surface area contributed by atoms with Crippen molar-refractivity contribution < 1.29 is 14.7 Å². The van der Waals surface area contributed by atoms with E-state index in [9.17, 15) is 9.59 Å². The number of rotatable bonds is 3. The normalized spacial score (nSPS) is 21.1. The highest BCUT2D eigenvalue weighted by Gasteiger charge is 2.26. The summed E-state index contributed by atoms with van der Waals surface area (Å²) >= 11 is 0. The zero-order valence-corrected chi connectivity index (χ0v) is 9.87. The minimum atomic E-state index is -0.999. The van der Waals surface area contributed by atoms with Crippen molar-refractivity contribution in [1.82, 2.24) is 15.2 Å². The quantitative estimate of drug-likeness (QED) is 0.779. The van der Waals surface area contributed by atoms with Crippen LogP contribution in [0.4, 0.5) is 0 Å². The van der Waals surface area contributed by atoms with E-state index in [4.69, 9.17) is 5.11 Å². The molecule has 0 aliphatic carbocycles. The summed E-state index contributed by atoms with van der Waals surface area (Å²) in [4.78, 5) is 28.3. The Morgan fingerprint density at radius 3 is 3.11 bits per heavy atom. The molecule has 96 valence electrons. The van der Waals surface area contributed by atoms with E-state index in [0.29, 0.717) is 26.1 Å². The van der Waals surface area contributed by atoms with Crippen LogP contribution in [0.1, 0.15) is 12.0 Å². The highest BCUT2D eigenvalue weighted by molar-refractivity contribution is 5.84. The summed E-state index contributed by atoms with van der Waals surface area (Å²) in [6, 6.07) is 2.94. The van der Waals surface area contributed by atoms with Crippen molar-refractivity contribution in [2.45, 2.75) is 19.0 Å².